The summed E-state index contributed by atoms with van der Waals surface area (Å²) in [5.41, 5.74) is 5.40. The van der Waals surface area contributed by atoms with Crippen LogP contribution in [-0.4, -0.2) is 11.1 Å². The van der Waals surface area contributed by atoms with Gasteiger partial charge in [0.05, 0.1) is 18.0 Å². The van der Waals surface area contributed by atoms with Crippen LogP contribution in [0.2, 0.25) is 0 Å². The Morgan fingerprint density at radius 3 is 2.86 bits per heavy atom. The fraction of sp³-hybridized carbons (Fsp3) is 0.118. The Bertz CT molecular complexity index is 896. The molecule has 0 saturated heterocycles. The normalized spacial score (nSPS) is 10.3. The van der Waals surface area contributed by atoms with Crippen molar-refractivity contribution >= 4 is 22.1 Å². The predicted molar refractivity (Wildman–Crippen MR) is 87.6 cm³/mol. The molecular weight excluding hydrogens is 280 g/mol. The molecule has 0 radical (unpaired) electrons. The molecule has 0 fully saturated rings. The molecule has 3 aromatic rings. The number of hydrogen-bond acceptors (Lipinski definition) is 3. The van der Waals surface area contributed by atoms with Crippen molar-refractivity contribution < 1.29 is 0 Å². The average Bonchev–Trinajstić information content (AvgIpc) is 2.96. The molecule has 0 amide bonds. The Labute approximate surface area is 126 Å². The summed E-state index contributed by atoms with van der Waals surface area (Å²) in [6, 6.07) is 13.6. The molecule has 0 aliphatic rings. The van der Waals surface area contributed by atoms with Gasteiger partial charge < -0.3 is 10.3 Å². The molecule has 0 spiro atoms. The van der Waals surface area contributed by atoms with Gasteiger partial charge in [0, 0.05) is 16.5 Å². The number of rotatable bonds is 2. The molecular formula is C17H14N2OS. The highest BCUT2D eigenvalue weighted by Gasteiger charge is 2.04. The van der Waals surface area contributed by atoms with Gasteiger partial charge in [-0.25, -0.2) is 0 Å². The summed E-state index contributed by atoms with van der Waals surface area (Å²) < 4.78 is 1.73. The number of hydrogen-bond donors (Lipinski definition) is 1. The van der Waals surface area contributed by atoms with E-state index in [9.17, 15) is 4.79 Å². The fourth-order valence-corrected chi connectivity index (χ4v) is 3.07. The van der Waals surface area contributed by atoms with Crippen molar-refractivity contribution in [3.8, 4) is 11.8 Å². The van der Waals surface area contributed by atoms with Crippen LogP contribution < -0.4 is 11.3 Å². The standard InChI is InChI=1S/C17H14N2OS/c18-10-3-5-14-7-8-15(21-14)12-19-11-9-13-4-1-2-6-16(13)17(19)20/h1-2,4,6-9,11H,10,12,18H2. The number of nitrogens with zero attached hydrogens (tertiary/aromatic N) is 1. The van der Waals surface area contributed by atoms with Crippen LogP contribution in [0.1, 0.15) is 9.75 Å². The molecule has 1 aromatic carbocycles. The van der Waals surface area contributed by atoms with Gasteiger partial charge in [-0.3, -0.25) is 4.79 Å². The zero-order valence-electron chi connectivity index (χ0n) is 11.4. The lowest BCUT2D eigenvalue weighted by molar-refractivity contribution is 0.779. The van der Waals surface area contributed by atoms with E-state index in [-0.39, 0.29) is 5.56 Å². The number of fused-ring (bicyclic) bond motifs is 1. The molecule has 3 rings (SSSR count). The third-order valence-electron chi connectivity index (χ3n) is 3.19. The maximum Gasteiger partial charge on any atom is 0.258 e. The molecule has 0 aliphatic carbocycles. The van der Waals surface area contributed by atoms with Crippen molar-refractivity contribution in [1.29, 1.82) is 0 Å². The third kappa shape index (κ3) is 2.89. The Balaban J connectivity index is 1.93. The number of thiophene rings is 1. The minimum absolute atomic E-state index is 0.0380. The Kier molecular flexibility index (Phi) is 3.87. The molecule has 0 saturated carbocycles. The van der Waals surface area contributed by atoms with Crippen LogP contribution in [0.15, 0.2) is 53.5 Å². The van der Waals surface area contributed by atoms with Crippen molar-refractivity contribution in [2.75, 3.05) is 6.54 Å². The Hall–Kier alpha value is -2.35. The smallest absolute Gasteiger partial charge is 0.258 e. The monoisotopic (exact) mass is 294 g/mol. The van der Waals surface area contributed by atoms with Crippen LogP contribution in [0.25, 0.3) is 10.8 Å². The van der Waals surface area contributed by atoms with Gasteiger partial charge in [-0.05, 0) is 29.7 Å². The molecule has 2 heterocycles. The lowest BCUT2D eigenvalue weighted by Gasteiger charge is -2.05. The molecule has 4 heteroatoms. The van der Waals surface area contributed by atoms with Gasteiger partial charge in [0.15, 0.2) is 0 Å². The van der Waals surface area contributed by atoms with Crippen LogP contribution in [0, 0.1) is 11.8 Å². The van der Waals surface area contributed by atoms with Crippen LogP contribution >= 0.6 is 11.3 Å². The van der Waals surface area contributed by atoms with Gasteiger partial charge >= 0.3 is 0 Å². The molecule has 21 heavy (non-hydrogen) atoms. The fourth-order valence-electron chi connectivity index (χ4n) is 2.19. The van der Waals surface area contributed by atoms with Crippen molar-refractivity contribution in [1.82, 2.24) is 4.57 Å². The van der Waals surface area contributed by atoms with Gasteiger partial charge in [0.2, 0.25) is 0 Å². The first-order chi connectivity index (χ1) is 10.3. The van der Waals surface area contributed by atoms with Gasteiger partial charge in [0.1, 0.15) is 0 Å². The van der Waals surface area contributed by atoms with Gasteiger partial charge in [-0.1, -0.05) is 30.0 Å². The van der Waals surface area contributed by atoms with E-state index in [1.165, 1.54) is 0 Å². The second-order valence-electron chi connectivity index (χ2n) is 4.61. The first kappa shape index (κ1) is 13.6. The van der Waals surface area contributed by atoms with Crippen molar-refractivity contribution in [2.24, 2.45) is 5.73 Å². The minimum atomic E-state index is 0.0380. The number of pyridine rings is 1. The summed E-state index contributed by atoms with van der Waals surface area (Å²) in [6.07, 6.45) is 1.84. The number of aromatic nitrogens is 1. The third-order valence-corrected chi connectivity index (χ3v) is 4.17. The molecule has 0 bridgehead atoms. The van der Waals surface area contributed by atoms with E-state index in [4.69, 9.17) is 5.73 Å². The molecule has 3 nitrogen and oxygen atoms in total. The average molecular weight is 294 g/mol. The van der Waals surface area contributed by atoms with Gasteiger partial charge in [-0.2, -0.15) is 0 Å². The molecule has 0 atom stereocenters. The van der Waals surface area contributed by atoms with Crippen molar-refractivity contribution in [3.05, 3.63) is 68.8 Å². The van der Waals surface area contributed by atoms with Crippen LogP contribution in [-0.2, 0) is 6.54 Å². The maximum absolute atomic E-state index is 12.4. The van der Waals surface area contributed by atoms with Crippen LogP contribution in [0.4, 0.5) is 0 Å². The molecule has 0 aliphatic heterocycles. The summed E-state index contributed by atoms with van der Waals surface area (Å²) in [7, 11) is 0. The highest BCUT2D eigenvalue weighted by molar-refractivity contribution is 7.12. The predicted octanol–water partition coefficient (Wildman–Crippen LogP) is 2.42. The highest BCUT2D eigenvalue weighted by atomic mass is 32.1. The summed E-state index contributed by atoms with van der Waals surface area (Å²) >= 11 is 1.59. The van der Waals surface area contributed by atoms with E-state index in [1.54, 1.807) is 15.9 Å². The second-order valence-corrected chi connectivity index (χ2v) is 5.78. The van der Waals surface area contributed by atoms with E-state index in [2.05, 4.69) is 11.8 Å². The number of nitrogens with two attached hydrogens (primary N) is 1. The molecule has 2 aromatic heterocycles. The van der Waals surface area contributed by atoms with E-state index >= 15 is 0 Å². The molecule has 104 valence electrons. The van der Waals surface area contributed by atoms with E-state index in [0.29, 0.717) is 13.1 Å². The zero-order valence-corrected chi connectivity index (χ0v) is 12.2. The van der Waals surface area contributed by atoms with E-state index < -0.39 is 0 Å². The molecule has 0 unspecified atom stereocenters. The second kappa shape index (κ2) is 5.96. The van der Waals surface area contributed by atoms with Gasteiger partial charge in [0.25, 0.3) is 5.56 Å². The van der Waals surface area contributed by atoms with E-state index in [1.807, 2.05) is 48.7 Å². The topological polar surface area (TPSA) is 48.0 Å². The summed E-state index contributed by atoms with van der Waals surface area (Å²) in [6.45, 7) is 0.927. The lowest BCUT2D eigenvalue weighted by Crippen LogP contribution is -2.19. The summed E-state index contributed by atoms with van der Waals surface area (Å²) in [4.78, 5) is 14.5. The lowest BCUT2D eigenvalue weighted by atomic mass is 10.2. The first-order valence-corrected chi connectivity index (χ1v) is 7.45. The highest BCUT2D eigenvalue weighted by Crippen LogP contribution is 2.17. The van der Waals surface area contributed by atoms with Gasteiger partial charge in [-0.15, -0.1) is 11.3 Å². The summed E-state index contributed by atoms with van der Waals surface area (Å²) in [5.74, 6) is 5.85. The Morgan fingerprint density at radius 1 is 1.14 bits per heavy atom. The first-order valence-electron chi connectivity index (χ1n) is 6.64. The van der Waals surface area contributed by atoms with Crippen LogP contribution in [0.3, 0.4) is 0 Å². The van der Waals surface area contributed by atoms with Crippen molar-refractivity contribution in [2.45, 2.75) is 6.54 Å². The maximum atomic E-state index is 12.4. The largest absolute Gasteiger partial charge is 0.320 e. The quantitative estimate of drug-likeness (QED) is 0.738. The molecule has 2 N–H and O–H groups in total. The summed E-state index contributed by atoms with van der Waals surface area (Å²) in [5, 5.41) is 1.72. The van der Waals surface area contributed by atoms with E-state index in [0.717, 1.165) is 20.5 Å². The number of benzene rings is 1. The Morgan fingerprint density at radius 2 is 2.00 bits per heavy atom. The van der Waals surface area contributed by atoms with Crippen LogP contribution in [0.5, 0.6) is 0 Å². The van der Waals surface area contributed by atoms with Crippen molar-refractivity contribution in [3.63, 3.8) is 0 Å². The minimum Gasteiger partial charge on any atom is -0.320 e. The zero-order chi connectivity index (χ0) is 14.7. The SMILES string of the molecule is NCC#Cc1ccc(Cn2ccc3ccccc3c2=O)s1.